The van der Waals surface area contributed by atoms with Crippen LogP contribution >= 0.6 is 0 Å². The number of carbonyl (C=O) groups is 1. The lowest BCUT2D eigenvalue weighted by atomic mass is 10.0. The number of likely N-dealkylation sites (tertiary alicyclic amines) is 1. The molecule has 3 rings (SSSR count). The number of rotatable bonds is 7. The number of amides is 1. The van der Waals surface area contributed by atoms with Gasteiger partial charge in [0.2, 0.25) is 15.9 Å². The number of furan rings is 1. The molecule has 8 heteroatoms. The number of nitrogens with zero attached hydrogens (tertiary/aromatic N) is 2. The topological polar surface area (TPSA) is 82.9 Å². The minimum Gasteiger partial charge on any atom is -0.468 e. The molecule has 0 unspecified atom stereocenters. The lowest BCUT2D eigenvalue weighted by molar-refractivity contribution is -0.127. The monoisotopic (exact) mass is 417 g/mol. The third-order valence-electron chi connectivity index (χ3n) is 5.21. The summed E-state index contributed by atoms with van der Waals surface area (Å²) in [5, 5.41) is 0. The fourth-order valence-electron chi connectivity index (χ4n) is 3.27. The third-order valence-corrected chi connectivity index (χ3v) is 6.63. The zero-order valence-electron chi connectivity index (χ0n) is 16.7. The van der Waals surface area contributed by atoms with Gasteiger partial charge in [-0.1, -0.05) is 12.1 Å². The van der Waals surface area contributed by atoms with Gasteiger partial charge in [0, 0.05) is 19.2 Å². The van der Waals surface area contributed by atoms with E-state index in [-0.39, 0.29) is 23.4 Å². The molecule has 1 aromatic heterocycles. The maximum absolute atomic E-state index is 12.4. The maximum atomic E-state index is 12.4. The Morgan fingerprint density at radius 3 is 2.55 bits per heavy atom. The summed E-state index contributed by atoms with van der Waals surface area (Å²) in [5.41, 5.74) is 0.764. The molecule has 1 amide bonds. The van der Waals surface area contributed by atoms with Crippen LogP contribution in [0.4, 0.5) is 0 Å². The van der Waals surface area contributed by atoms with Crippen molar-refractivity contribution >= 4 is 22.0 Å². The molecule has 1 aliphatic rings. The number of sulfonamides is 1. The van der Waals surface area contributed by atoms with E-state index in [2.05, 4.69) is 16.7 Å². The van der Waals surface area contributed by atoms with Crippen LogP contribution in [0.25, 0.3) is 6.08 Å². The summed E-state index contributed by atoms with van der Waals surface area (Å²) >= 11 is 0. The number of benzene rings is 1. The second kappa shape index (κ2) is 9.39. The van der Waals surface area contributed by atoms with Crippen molar-refractivity contribution in [3.63, 3.8) is 0 Å². The maximum Gasteiger partial charge on any atom is 0.246 e. The molecule has 29 heavy (non-hydrogen) atoms. The van der Waals surface area contributed by atoms with E-state index in [0.29, 0.717) is 5.76 Å². The SMILES string of the molecule is CN1CCC(N(C)C(=O)/C=C/c2ccc(S(=O)(=O)NCc3ccco3)cc2)CC1. The zero-order chi connectivity index (χ0) is 20.9. The summed E-state index contributed by atoms with van der Waals surface area (Å²) in [6.45, 7) is 2.08. The molecule has 1 fully saturated rings. The molecule has 7 nitrogen and oxygen atoms in total. The first-order valence-corrected chi connectivity index (χ1v) is 11.1. The van der Waals surface area contributed by atoms with Gasteiger partial charge in [-0.05, 0) is 68.9 Å². The van der Waals surface area contributed by atoms with Gasteiger partial charge < -0.3 is 14.2 Å². The summed E-state index contributed by atoms with van der Waals surface area (Å²) in [5.74, 6) is 0.497. The summed E-state index contributed by atoms with van der Waals surface area (Å²) in [4.78, 5) is 16.7. The Hall–Kier alpha value is -2.42. The number of hydrogen-bond donors (Lipinski definition) is 1. The molecule has 1 aliphatic heterocycles. The quantitative estimate of drug-likeness (QED) is 0.699. The van der Waals surface area contributed by atoms with E-state index >= 15 is 0 Å². The van der Waals surface area contributed by atoms with Gasteiger partial charge in [0.15, 0.2) is 0 Å². The van der Waals surface area contributed by atoms with Crippen LogP contribution in [-0.2, 0) is 21.4 Å². The van der Waals surface area contributed by atoms with Crippen molar-refractivity contribution in [1.82, 2.24) is 14.5 Å². The number of hydrogen-bond acceptors (Lipinski definition) is 5. The number of nitrogens with one attached hydrogen (secondary N) is 1. The highest BCUT2D eigenvalue weighted by Gasteiger charge is 2.22. The molecule has 2 heterocycles. The zero-order valence-corrected chi connectivity index (χ0v) is 17.6. The Balaban J connectivity index is 1.57. The number of likely N-dealkylation sites (N-methyl/N-ethyl adjacent to an activating group) is 1. The molecular formula is C21H27N3O4S. The number of piperidine rings is 1. The van der Waals surface area contributed by atoms with E-state index < -0.39 is 10.0 Å². The minimum atomic E-state index is -3.63. The van der Waals surface area contributed by atoms with Gasteiger partial charge in [0.05, 0.1) is 17.7 Å². The Morgan fingerprint density at radius 2 is 1.93 bits per heavy atom. The summed E-state index contributed by atoms with van der Waals surface area (Å²) in [6.07, 6.45) is 6.70. The lowest BCUT2D eigenvalue weighted by Gasteiger charge is -2.34. The van der Waals surface area contributed by atoms with Gasteiger partial charge in [0.25, 0.3) is 0 Å². The van der Waals surface area contributed by atoms with Crippen molar-refractivity contribution in [2.75, 3.05) is 27.2 Å². The Morgan fingerprint density at radius 1 is 1.24 bits per heavy atom. The van der Waals surface area contributed by atoms with Gasteiger partial charge >= 0.3 is 0 Å². The normalized spacial score (nSPS) is 16.3. The first-order chi connectivity index (χ1) is 13.8. The van der Waals surface area contributed by atoms with E-state index in [4.69, 9.17) is 4.42 Å². The lowest BCUT2D eigenvalue weighted by Crippen LogP contribution is -2.43. The van der Waals surface area contributed by atoms with Crippen molar-refractivity contribution in [1.29, 1.82) is 0 Å². The summed E-state index contributed by atoms with van der Waals surface area (Å²) < 4.78 is 32.3. The second-order valence-electron chi connectivity index (χ2n) is 7.29. The van der Waals surface area contributed by atoms with Crippen molar-refractivity contribution in [3.05, 3.63) is 60.1 Å². The van der Waals surface area contributed by atoms with Crippen LogP contribution in [0.3, 0.4) is 0 Å². The molecular weight excluding hydrogens is 390 g/mol. The van der Waals surface area contributed by atoms with Gasteiger partial charge in [0.1, 0.15) is 5.76 Å². The average molecular weight is 418 g/mol. The molecule has 0 saturated carbocycles. The molecule has 0 spiro atoms. The summed E-state index contributed by atoms with van der Waals surface area (Å²) in [7, 11) is 0.298. The molecule has 0 bridgehead atoms. The number of carbonyl (C=O) groups excluding carboxylic acids is 1. The van der Waals surface area contributed by atoms with Crippen LogP contribution in [0.15, 0.2) is 58.1 Å². The van der Waals surface area contributed by atoms with Gasteiger partial charge in [-0.15, -0.1) is 0 Å². The average Bonchev–Trinajstić information content (AvgIpc) is 3.25. The summed E-state index contributed by atoms with van der Waals surface area (Å²) in [6, 6.07) is 10.1. The highest BCUT2D eigenvalue weighted by molar-refractivity contribution is 7.89. The Labute approximate surface area is 172 Å². The van der Waals surface area contributed by atoms with Crippen LogP contribution in [-0.4, -0.2) is 57.4 Å². The van der Waals surface area contributed by atoms with Crippen molar-refractivity contribution in [3.8, 4) is 0 Å². The first kappa shape index (κ1) is 21.3. The Bertz CT molecular complexity index is 929. The van der Waals surface area contributed by atoms with E-state index in [1.165, 1.54) is 24.5 Å². The molecule has 0 radical (unpaired) electrons. The molecule has 1 aromatic carbocycles. The van der Waals surface area contributed by atoms with Crippen LogP contribution in [0.2, 0.25) is 0 Å². The van der Waals surface area contributed by atoms with Gasteiger partial charge in [-0.25, -0.2) is 13.1 Å². The van der Waals surface area contributed by atoms with Crippen molar-refractivity contribution in [2.24, 2.45) is 0 Å². The molecule has 156 valence electrons. The van der Waals surface area contributed by atoms with E-state index in [9.17, 15) is 13.2 Å². The predicted octanol–water partition coefficient (Wildman–Crippen LogP) is 2.32. The van der Waals surface area contributed by atoms with E-state index in [1.54, 1.807) is 35.2 Å². The van der Waals surface area contributed by atoms with Gasteiger partial charge in [-0.3, -0.25) is 4.79 Å². The smallest absolute Gasteiger partial charge is 0.246 e. The highest BCUT2D eigenvalue weighted by atomic mass is 32.2. The molecule has 0 atom stereocenters. The third kappa shape index (κ3) is 5.79. The van der Waals surface area contributed by atoms with Crippen molar-refractivity contribution < 1.29 is 17.6 Å². The van der Waals surface area contributed by atoms with Crippen LogP contribution in [0, 0.1) is 0 Å². The van der Waals surface area contributed by atoms with E-state index in [1.807, 2.05) is 7.05 Å². The predicted molar refractivity (Wildman–Crippen MR) is 111 cm³/mol. The minimum absolute atomic E-state index is 0.0450. The second-order valence-corrected chi connectivity index (χ2v) is 9.06. The van der Waals surface area contributed by atoms with Gasteiger partial charge in [-0.2, -0.15) is 0 Å². The molecule has 1 N–H and O–H groups in total. The van der Waals surface area contributed by atoms with Crippen LogP contribution in [0.1, 0.15) is 24.2 Å². The Kier molecular flexibility index (Phi) is 6.89. The highest BCUT2D eigenvalue weighted by Crippen LogP contribution is 2.16. The largest absolute Gasteiger partial charge is 0.468 e. The molecule has 1 saturated heterocycles. The molecule has 0 aliphatic carbocycles. The fourth-order valence-corrected chi connectivity index (χ4v) is 4.26. The standard InChI is InChI=1S/C21H27N3O4S/c1-23-13-11-18(12-14-23)24(2)21(25)10-7-17-5-8-20(9-6-17)29(26,27)22-16-19-4-3-15-28-19/h3-10,15,18,22H,11-14,16H2,1-2H3/b10-7+. The first-order valence-electron chi connectivity index (χ1n) is 9.61. The van der Waals surface area contributed by atoms with Crippen LogP contribution in [0.5, 0.6) is 0 Å². The fraction of sp³-hybridized carbons (Fsp3) is 0.381. The van der Waals surface area contributed by atoms with Crippen molar-refractivity contribution in [2.45, 2.75) is 30.3 Å². The van der Waals surface area contributed by atoms with Crippen LogP contribution < -0.4 is 4.72 Å². The van der Waals surface area contributed by atoms with E-state index in [0.717, 1.165) is 31.5 Å². The molecule has 2 aromatic rings.